The molecule has 2 saturated carbocycles. The summed E-state index contributed by atoms with van der Waals surface area (Å²) in [5, 5.41) is 15.2. The Labute approximate surface area is 399 Å². The Balaban J connectivity index is 0.000000118. The number of fused-ring (bicyclic) bond motifs is 3. The number of imidazole rings is 3. The van der Waals surface area contributed by atoms with Gasteiger partial charge in [0.1, 0.15) is 40.1 Å². The van der Waals surface area contributed by atoms with Crippen LogP contribution in [0.25, 0.3) is 51.1 Å². The van der Waals surface area contributed by atoms with Gasteiger partial charge in [-0.15, -0.1) is 0 Å². The zero-order valence-electron chi connectivity index (χ0n) is 37.3. The molecular formula is C51H53Cl2N13O. The van der Waals surface area contributed by atoms with Crippen LogP contribution in [0.5, 0.6) is 5.75 Å². The van der Waals surface area contributed by atoms with Crippen LogP contribution in [0.2, 0.25) is 10.0 Å². The van der Waals surface area contributed by atoms with Crippen LogP contribution in [0.1, 0.15) is 57.8 Å². The molecule has 0 spiro atoms. The summed E-state index contributed by atoms with van der Waals surface area (Å²) in [5.41, 5.74) is 8.16. The lowest BCUT2D eigenvalue weighted by Crippen LogP contribution is -2.51. The average Bonchev–Trinajstić information content (AvgIpc) is 4.18. The Morgan fingerprint density at radius 2 is 0.896 bits per heavy atom. The van der Waals surface area contributed by atoms with Gasteiger partial charge in [0.05, 0.1) is 82.1 Å². The number of ether oxygens (including phenoxy) is 1. The minimum absolute atomic E-state index is 0.463. The molecule has 9 aromatic rings. The highest BCUT2D eigenvalue weighted by molar-refractivity contribution is 6.30. The standard InChI is InChI=1S/C18H19ClN4.C17H17ClN4.C16H17N5O/c19-13-9-10-18-20-11-16(23(18)12-13)15-7-4-8-17(22-15)21-14-5-2-1-3-6-14;18-12-8-9-17-19-10-15(22(17)11-12)14-6-3-7-16(21-14)20-13-4-1-2-5-13;1-22-12-5-6-16-18-9-14(21(16)10-12)13-3-2-4-15(20-13)19-11-7-17-8-11/h4,7-12,14H,1-3,5-6H2,(H,21,22);3,6-11,13H,1-2,4-5H2,(H,20,21);2-6,9-11,17H,7-8H2,1H3,(H,19,20). The van der Waals surface area contributed by atoms with Crippen molar-refractivity contribution < 1.29 is 4.74 Å². The normalized spacial score (nSPS) is 15.4. The summed E-state index contributed by atoms with van der Waals surface area (Å²) in [6, 6.07) is 31.1. The van der Waals surface area contributed by atoms with Crippen LogP contribution in [0.3, 0.4) is 0 Å². The number of methoxy groups -OCH3 is 1. The van der Waals surface area contributed by atoms with Gasteiger partial charge in [-0.1, -0.05) is 73.5 Å². The van der Waals surface area contributed by atoms with Crippen LogP contribution in [0.15, 0.2) is 128 Å². The van der Waals surface area contributed by atoms with Gasteiger partial charge in [-0.2, -0.15) is 0 Å². The molecule has 12 rings (SSSR count). The largest absolute Gasteiger partial charge is 0.495 e. The molecule has 14 nitrogen and oxygen atoms in total. The van der Waals surface area contributed by atoms with Crippen molar-refractivity contribution in [3.05, 3.63) is 138 Å². The van der Waals surface area contributed by atoms with Gasteiger partial charge in [0.25, 0.3) is 0 Å². The first-order valence-electron chi connectivity index (χ1n) is 23.1. The number of aromatic nitrogens is 9. The summed E-state index contributed by atoms with van der Waals surface area (Å²) in [5.74, 6) is 3.55. The maximum Gasteiger partial charge on any atom is 0.137 e. The smallest absolute Gasteiger partial charge is 0.137 e. The number of hydrogen-bond acceptors (Lipinski definition) is 11. The Morgan fingerprint density at radius 1 is 0.493 bits per heavy atom. The molecule has 4 N–H and O–H groups in total. The van der Waals surface area contributed by atoms with E-state index in [0.717, 1.165) is 87.4 Å². The summed E-state index contributed by atoms with van der Waals surface area (Å²) in [7, 11) is 1.66. The lowest BCUT2D eigenvalue weighted by atomic mass is 9.95. The molecule has 3 fully saturated rings. The maximum absolute atomic E-state index is 6.11. The Hall–Kier alpha value is -6.74. The van der Waals surface area contributed by atoms with Gasteiger partial charge in [0, 0.05) is 37.6 Å². The van der Waals surface area contributed by atoms with E-state index < -0.39 is 0 Å². The molecule has 16 heteroatoms. The van der Waals surface area contributed by atoms with Crippen LogP contribution in [0.4, 0.5) is 17.5 Å². The molecule has 0 radical (unpaired) electrons. The molecular weight excluding hydrogens is 882 g/mol. The highest BCUT2D eigenvalue weighted by Crippen LogP contribution is 2.28. The quantitative estimate of drug-likeness (QED) is 0.104. The van der Waals surface area contributed by atoms with E-state index in [-0.39, 0.29) is 0 Å². The molecule has 342 valence electrons. The van der Waals surface area contributed by atoms with Crippen molar-refractivity contribution in [2.24, 2.45) is 0 Å². The first-order chi connectivity index (χ1) is 32.9. The number of nitrogens with one attached hydrogen (secondary N) is 4. The topological polar surface area (TPSA) is 148 Å². The van der Waals surface area contributed by atoms with E-state index >= 15 is 0 Å². The van der Waals surface area contributed by atoms with Crippen molar-refractivity contribution in [3.8, 4) is 39.9 Å². The van der Waals surface area contributed by atoms with Crippen molar-refractivity contribution in [2.45, 2.75) is 75.9 Å². The highest BCUT2D eigenvalue weighted by Gasteiger charge is 2.19. The lowest BCUT2D eigenvalue weighted by Gasteiger charge is -2.28. The van der Waals surface area contributed by atoms with E-state index in [0.29, 0.717) is 28.2 Å². The van der Waals surface area contributed by atoms with Crippen molar-refractivity contribution >= 4 is 57.6 Å². The monoisotopic (exact) mass is 933 g/mol. The highest BCUT2D eigenvalue weighted by atomic mass is 35.5. The summed E-state index contributed by atoms with van der Waals surface area (Å²) >= 11 is 12.2. The fourth-order valence-corrected chi connectivity index (χ4v) is 9.19. The number of pyridine rings is 6. The predicted octanol–water partition coefficient (Wildman–Crippen LogP) is 11.0. The first kappa shape index (κ1) is 44.1. The molecule has 1 saturated heterocycles. The van der Waals surface area contributed by atoms with Crippen LogP contribution < -0.4 is 26.0 Å². The number of halogens is 2. The molecule has 0 atom stereocenters. The van der Waals surface area contributed by atoms with Crippen molar-refractivity contribution in [1.82, 2.24) is 48.4 Å². The maximum atomic E-state index is 6.11. The number of nitrogens with zero attached hydrogens (tertiary/aromatic N) is 9. The number of anilines is 3. The first-order valence-corrected chi connectivity index (χ1v) is 23.9. The van der Waals surface area contributed by atoms with Crippen LogP contribution in [-0.4, -0.2) is 81.4 Å². The summed E-state index contributed by atoms with van der Waals surface area (Å²) in [6.45, 7) is 1.97. The second-order valence-electron chi connectivity index (χ2n) is 17.2. The van der Waals surface area contributed by atoms with Crippen molar-refractivity contribution in [3.63, 3.8) is 0 Å². The number of hydrogen-bond donors (Lipinski definition) is 4. The van der Waals surface area contributed by atoms with Gasteiger partial charge in [0.15, 0.2) is 0 Å². The van der Waals surface area contributed by atoms with E-state index in [1.54, 1.807) is 7.11 Å². The van der Waals surface area contributed by atoms with Crippen molar-refractivity contribution in [2.75, 3.05) is 36.1 Å². The molecule has 1 aliphatic heterocycles. The molecule has 9 aromatic heterocycles. The Bertz CT molecular complexity index is 3100. The number of rotatable bonds is 10. The molecule has 10 heterocycles. The minimum atomic E-state index is 0.463. The minimum Gasteiger partial charge on any atom is -0.495 e. The van der Waals surface area contributed by atoms with Crippen LogP contribution in [0, 0.1) is 0 Å². The molecule has 67 heavy (non-hydrogen) atoms. The van der Waals surface area contributed by atoms with Gasteiger partial charge in [0.2, 0.25) is 0 Å². The molecule has 0 unspecified atom stereocenters. The van der Waals surface area contributed by atoms with Crippen LogP contribution >= 0.6 is 23.2 Å². The SMILES string of the molecule is COc1ccc2ncc(-c3cccc(NC4CNC4)n3)n2c1.Clc1ccc2ncc(-c3cccc(NC4CCCC4)n3)n2c1.Clc1ccc2ncc(-c3cccc(NC4CCCCC4)n3)n2c1. The Morgan fingerprint density at radius 3 is 1.31 bits per heavy atom. The zero-order chi connectivity index (χ0) is 45.5. The fourth-order valence-electron chi connectivity index (χ4n) is 8.87. The van der Waals surface area contributed by atoms with Gasteiger partial charge in [-0.05, 0) is 98.5 Å². The second-order valence-corrected chi connectivity index (χ2v) is 18.1. The summed E-state index contributed by atoms with van der Waals surface area (Å²) in [6.07, 6.45) is 22.7. The second kappa shape index (κ2) is 20.4. The average molecular weight is 935 g/mol. The van der Waals surface area contributed by atoms with E-state index in [1.807, 2.05) is 141 Å². The van der Waals surface area contributed by atoms with Gasteiger partial charge in [-0.3, -0.25) is 13.2 Å². The fraction of sp³-hybridized carbons (Fsp3) is 0.294. The molecule has 0 aromatic carbocycles. The summed E-state index contributed by atoms with van der Waals surface area (Å²) < 4.78 is 11.2. The third kappa shape index (κ3) is 10.5. The summed E-state index contributed by atoms with van der Waals surface area (Å²) in [4.78, 5) is 27.5. The zero-order valence-corrected chi connectivity index (χ0v) is 38.8. The third-order valence-corrected chi connectivity index (χ3v) is 12.9. The third-order valence-electron chi connectivity index (χ3n) is 12.5. The Kier molecular flexibility index (Phi) is 13.4. The predicted molar refractivity (Wildman–Crippen MR) is 268 cm³/mol. The van der Waals surface area contributed by atoms with Crippen molar-refractivity contribution in [1.29, 1.82) is 0 Å². The molecule has 0 bridgehead atoms. The van der Waals surface area contributed by atoms with E-state index in [1.165, 1.54) is 57.8 Å². The van der Waals surface area contributed by atoms with E-state index in [4.69, 9.17) is 42.9 Å². The molecule has 2 aliphatic carbocycles. The van der Waals surface area contributed by atoms with E-state index in [2.05, 4.69) is 36.2 Å². The molecule has 0 amide bonds. The van der Waals surface area contributed by atoms with Gasteiger partial charge in [-0.25, -0.2) is 29.9 Å². The lowest BCUT2D eigenvalue weighted by molar-refractivity contribution is 0.412. The molecule has 3 aliphatic rings. The van der Waals surface area contributed by atoms with Crippen LogP contribution in [-0.2, 0) is 0 Å². The van der Waals surface area contributed by atoms with E-state index in [9.17, 15) is 0 Å². The van der Waals surface area contributed by atoms with Gasteiger partial charge < -0.3 is 26.0 Å². The van der Waals surface area contributed by atoms with Gasteiger partial charge >= 0.3 is 0 Å².